The summed E-state index contributed by atoms with van der Waals surface area (Å²) in [5.41, 5.74) is 3.53. The van der Waals surface area contributed by atoms with Crippen LogP contribution in [0.2, 0.25) is 0 Å². The van der Waals surface area contributed by atoms with E-state index in [1.165, 1.54) is 11.1 Å². The maximum Gasteiger partial charge on any atom is 0.335 e. The molecule has 2 rings (SSSR count). The van der Waals surface area contributed by atoms with Crippen LogP contribution >= 0.6 is 0 Å². The smallest absolute Gasteiger partial charge is 0.335 e. The van der Waals surface area contributed by atoms with Gasteiger partial charge in [-0.15, -0.1) is 0 Å². The Morgan fingerprint density at radius 3 is 2.64 bits per heavy atom. The standard InChI is InChI=1S/C22H28O3/c1-16(2)7-5-8-17(3)9-6-13-22(4)14-12-18-15-19(21(23)24)10-11-20(18)25-22/h7,9-12,14-15H,5-6,8,13H2,1-4H3,(H,23,24)/b17-9+/t22-/m0/s1. The molecule has 0 saturated heterocycles. The minimum absolute atomic E-state index is 0.283. The second-order valence-electron chi connectivity index (χ2n) is 7.22. The highest BCUT2D eigenvalue weighted by Gasteiger charge is 2.27. The van der Waals surface area contributed by atoms with Crippen molar-refractivity contribution in [3.05, 3.63) is 58.7 Å². The van der Waals surface area contributed by atoms with Gasteiger partial charge in [-0.05, 0) is 77.7 Å². The summed E-state index contributed by atoms with van der Waals surface area (Å²) in [6, 6.07) is 5.00. The number of carbonyl (C=O) groups is 1. The Hall–Kier alpha value is -2.29. The van der Waals surface area contributed by atoms with E-state index >= 15 is 0 Å². The van der Waals surface area contributed by atoms with Gasteiger partial charge in [-0.2, -0.15) is 0 Å². The van der Waals surface area contributed by atoms with Crippen LogP contribution < -0.4 is 4.74 Å². The summed E-state index contributed by atoms with van der Waals surface area (Å²) in [4.78, 5) is 11.1. The summed E-state index contributed by atoms with van der Waals surface area (Å²) in [6.45, 7) is 8.51. The molecule has 0 aliphatic carbocycles. The van der Waals surface area contributed by atoms with Crippen molar-refractivity contribution in [1.29, 1.82) is 0 Å². The highest BCUT2D eigenvalue weighted by molar-refractivity contribution is 5.89. The van der Waals surface area contributed by atoms with Crippen molar-refractivity contribution in [3.63, 3.8) is 0 Å². The number of aromatic carboxylic acids is 1. The van der Waals surface area contributed by atoms with E-state index in [-0.39, 0.29) is 11.2 Å². The van der Waals surface area contributed by atoms with Crippen molar-refractivity contribution in [1.82, 2.24) is 0 Å². The Balaban J connectivity index is 1.94. The van der Waals surface area contributed by atoms with Gasteiger partial charge < -0.3 is 9.84 Å². The summed E-state index contributed by atoms with van der Waals surface area (Å²) in [5.74, 6) is -0.169. The SMILES string of the molecule is CC(C)=CCC/C(C)=C/CC[C@@]1(C)C=Cc2cc(C(=O)O)ccc2O1. The summed E-state index contributed by atoms with van der Waals surface area (Å²) in [6.07, 6.45) is 12.6. The summed E-state index contributed by atoms with van der Waals surface area (Å²) in [5, 5.41) is 9.07. The first-order valence-electron chi connectivity index (χ1n) is 8.84. The molecule has 0 unspecified atom stereocenters. The predicted octanol–water partition coefficient (Wildman–Crippen LogP) is 6.02. The molecular weight excluding hydrogens is 312 g/mol. The predicted molar refractivity (Wildman–Crippen MR) is 103 cm³/mol. The van der Waals surface area contributed by atoms with Crippen LogP contribution in [0.3, 0.4) is 0 Å². The average Bonchev–Trinajstić information content (AvgIpc) is 2.53. The molecule has 0 spiro atoms. The quantitative estimate of drug-likeness (QED) is 0.617. The van der Waals surface area contributed by atoms with Crippen LogP contribution in [0.25, 0.3) is 6.08 Å². The first-order valence-corrected chi connectivity index (χ1v) is 8.84. The third-order valence-corrected chi connectivity index (χ3v) is 4.44. The maximum absolute atomic E-state index is 11.1. The van der Waals surface area contributed by atoms with Crippen molar-refractivity contribution >= 4 is 12.0 Å². The van der Waals surface area contributed by atoms with Gasteiger partial charge in [0.2, 0.25) is 0 Å². The molecule has 1 aromatic rings. The molecule has 25 heavy (non-hydrogen) atoms. The van der Waals surface area contributed by atoms with E-state index in [2.05, 4.69) is 39.8 Å². The number of carboxylic acid groups (broad SMARTS) is 1. The number of allylic oxidation sites excluding steroid dienone is 4. The molecule has 0 saturated carbocycles. The Bertz CT molecular complexity index is 721. The molecule has 1 N–H and O–H groups in total. The minimum Gasteiger partial charge on any atom is -0.483 e. The number of carboxylic acids is 1. The summed E-state index contributed by atoms with van der Waals surface area (Å²) < 4.78 is 6.13. The van der Waals surface area contributed by atoms with E-state index in [1.54, 1.807) is 18.2 Å². The van der Waals surface area contributed by atoms with Gasteiger partial charge >= 0.3 is 5.97 Å². The van der Waals surface area contributed by atoms with Crippen molar-refractivity contribution < 1.29 is 14.6 Å². The first kappa shape index (κ1) is 19.0. The molecule has 0 radical (unpaired) electrons. The molecule has 1 heterocycles. The lowest BCUT2D eigenvalue weighted by atomic mass is 9.94. The fourth-order valence-electron chi connectivity index (χ4n) is 2.89. The second kappa shape index (κ2) is 8.19. The fourth-order valence-corrected chi connectivity index (χ4v) is 2.89. The molecule has 0 fully saturated rings. The van der Waals surface area contributed by atoms with Crippen LogP contribution in [0.15, 0.2) is 47.6 Å². The van der Waals surface area contributed by atoms with E-state index in [1.807, 2.05) is 12.2 Å². The van der Waals surface area contributed by atoms with E-state index in [9.17, 15) is 4.79 Å². The molecule has 1 atom stereocenters. The van der Waals surface area contributed by atoms with E-state index < -0.39 is 5.97 Å². The minimum atomic E-state index is -0.918. The van der Waals surface area contributed by atoms with Crippen LogP contribution in [-0.4, -0.2) is 16.7 Å². The molecule has 1 aliphatic heterocycles. The monoisotopic (exact) mass is 340 g/mol. The van der Waals surface area contributed by atoms with E-state index in [0.29, 0.717) is 0 Å². The largest absolute Gasteiger partial charge is 0.483 e. The molecular formula is C22H28O3. The van der Waals surface area contributed by atoms with Crippen LogP contribution in [0.5, 0.6) is 5.75 Å². The zero-order valence-electron chi connectivity index (χ0n) is 15.6. The molecule has 3 nitrogen and oxygen atoms in total. The van der Waals surface area contributed by atoms with Gasteiger partial charge in [0, 0.05) is 5.56 Å². The fraction of sp³-hybridized carbons (Fsp3) is 0.409. The molecule has 1 aliphatic rings. The van der Waals surface area contributed by atoms with Crippen LogP contribution in [0.1, 0.15) is 69.3 Å². The summed E-state index contributed by atoms with van der Waals surface area (Å²) >= 11 is 0. The average molecular weight is 340 g/mol. The Morgan fingerprint density at radius 2 is 1.96 bits per heavy atom. The third kappa shape index (κ3) is 5.63. The van der Waals surface area contributed by atoms with Gasteiger partial charge in [-0.25, -0.2) is 4.79 Å². The van der Waals surface area contributed by atoms with Gasteiger partial charge in [0.15, 0.2) is 0 Å². The van der Waals surface area contributed by atoms with Crippen molar-refractivity contribution in [2.24, 2.45) is 0 Å². The van der Waals surface area contributed by atoms with E-state index in [4.69, 9.17) is 9.84 Å². The summed E-state index contributed by atoms with van der Waals surface area (Å²) in [7, 11) is 0. The van der Waals surface area contributed by atoms with Gasteiger partial charge in [0.1, 0.15) is 11.4 Å². The van der Waals surface area contributed by atoms with Crippen LogP contribution in [-0.2, 0) is 0 Å². The van der Waals surface area contributed by atoms with Crippen LogP contribution in [0.4, 0.5) is 0 Å². The van der Waals surface area contributed by atoms with Crippen molar-refractivity contribution in [2.75, 3.05) is 0 Å². The maximum atomic E-state index is 11.1. The first-order chi connectivity index (χ1) is 11.8. The lowest BCUT2D eigenvalue weighted by molar-refractivity contribution is 0.0696. The number of rotatable bonds is 7. The highest BCUT2D eigenvalue weighted by atomic mass is 16.5. The molecule has 1 aromatic carbocycles. The topological polar surface area (TPSA) is 46.5 Å². The molecule has 0 amide bonds. The normalized spacial score (nSPS) is 19.1. The zero-order chi connectivity index (χ0) is 18.4. The lowest BCUT2D eigenvalue weighted by Crippen LogP contribution is -2.31. The Kier molecular flexibility index (Phi) is 6.24. The zero-order valence-corrected chi connectivity index (χ0v) is 15.6. The number of hydrogen-bond donors (Lipinski definition) is 1. The van der Waals surface area contributed by atoms with Gasteiger partial charge in [0.05, 0.1) is 5.56 Å². The number of hydrogen-bond acceptors (Lipinski definition) is 2. The Labute approximate surface area is 150 Å². The van der Waals surface area contributed by atoms with Crippen molar-refractivity contribution in [3.8, 4) is 5.75 Å². The van der Waals surface area contributed by atoms with Crippen molar-refractivity contribution in [2.45, 2.75) is 59.0 Å². The van der Waals surface area contributed by atoms with Gasteiger partial charge in [-0.1, -0.05) is 29.4 Å². The number of fused-ring (bicyclic) bond motifs is 1. The lowest BCUT2D eigenvalue weighted by Gasteiger charge is -2.31. The number of benzene rings is 1. The van der Waals surface area contributed by atoms with Gasteiger partial charge in [-0.3, -0.25) is 0 Å². The van der Waals surface area contributed by atoms with E-state index in [0.717, 1.165) is 37.0 Å². The highest BCUT2D eigenvalue weighted by Crippen LogP contribution is 2.34. The molecule has 134 valence electrons. The van der Waals surface area contributed by atoms with Crippen LogP contribution in [0, 0.1) is 0 Å². The number of ether oxygens (including phenoxy) is 1. The second-order valence-corrected chi connectivity index (χ2v) is 7.22. The third-order valence-electron chi connectivity index (χ3n) is 4.44. The Morgan fingerprint density at radius 1 is 1.20 bits per heavy atom. The molecule has 0 bridgehead atoms. The molecule has 3 heteroatoms. The molecule has 0 aromatic heterocycles. The van der Waals surface area contributed by atoms with Gasteiger partial charge in [0.25, 0.3) is 0 Å².